The molecule has 0 radical (unpaired) electrons. The molecule has 5 heteroatoms. The fourth-order valence-electron chi connectivity index (χ4n) is 6.13. The van der Waals surface area contributed by atoms with Gasteiger partial charge in [-0.05, 0) is 97.4 Å². The van der Waals surface area contributed by atoms with Crippen LogP contribution in [0.4, 0.5) is 4.39 Å². The molecule has 1 N–H and O–H groups in total. The predicted molar refractivity (Wildman–Crippen MR) is 116 cm³/mol. The molecule has 0 spiro atoms. The van der Waals surface area contributed by atoms with Gasteiger partial charge in [0.15, 0.2) is 0 Å². The molecule has 0 amide bonds. The Hall–Kier alpha value is -1.96. The molecular formula is C25H28ClFN2O. The minimum atomic E-state index is -0.243. The summed E-state index contributed by atoms with van der Waals surface area (Å²) in [7, 11) is 0. The minimum Gasteiger partial charge on any atom is -0.393 e. The van der Waals surface area contributed by atoms with Gasteiger partial charge in [0.1, 0.15) is 11.9 Å². The number of halogens is 2. The van der Waals surface area contributed by atoms with E-state index in [9.17, 15) is 14.8 Å². The first kappa shape index (κ1) is 21.3. The fourth-order valence-corrected chi connectivity index (χ4v) is 6.44. The van der Waals surface area contributed by atoms with Gasteiger partial charge in [-0.3, -0.25) is 4.98 Å². The van der Waals surface area contributed by atoms with E-state index in [1.54, 1.807) is 19.2 Å². The highest BCUT2D eigenvalue weighted by Gasteiger charge is 2.54. The van der Waals surface area contributed by atoms with Crippen LogP contribution in [0.5, 0.6) is 0 Å². The third-order valence-corrected chi connectivity index (χ3v) is 8.32. The molecule has 0 aliphatic heterocycles. The highest BCUT2D eigenvalue weighted by Crippen LogP contribution is 2.61. The van der Waals surface area contributed by atoms with Gasteiger partial charge in [0, 0.05) is 6.20 Å². The van der Waals surface area contributed by atoms with Crippen LogP contribution in [0.1, 0.15) is 67.2 Å². The Bertz CT molecular complexity index is 967. The van der Waals surface area contributed by atoms with Gasteiger partial charge in [-0.2, -0.15) is 5.26 Å². The average Bonchev–Trinajstić information content (AvgIpc) is 3.05. The quantitative estimate of drug-likeness (QED) is 0.565. The van der Waals surface area contributed by atoms with Gasteiger partial charge >= 0.3 is 0 Å². The van der Waals surface area contributed by atoms with E-state index in [0.717, 1.165) is 38.5 Å². The highest BCUT2D eigenvalue weighted by atomic mass is 35.5. The lowest BCUT2D eigenvalue weighted by Crippen LogP contribution is -2.44. The molecule has 1 heterocycles. The summed E-state index contributed by atoms with van der Waals surface area (Å²) < 4.78 is 12.3. The highest BCUT2D eigenvalue weighted by molar-refractivity contribution is 6.32. The third-order valence-electron chi connectivity index (χ3n) is 7.89. The molecule has 3 aliphatic carbocycles. The van der Waals surface area contributed by atoms with E-state index in [0.29, 0.717) is 33.9 Å². The zero-order valence-corrected chi connectivity index (χ0v) is 18.3. The van der Waals surface area contributed by atoms with E-state index in [1.165, 1.54) is 17.3 Å². The number of hydrogen-bond acceptors (Lipinski definition) is 3. The molecule has 30 heavy (non-hydrogen) atoms. The van der Waals surface area contributed by atoms with Crippen molar-refractivity contribution in [2.75, 3.05) is 0 Å². The summed E-state index contributed by atoms with van der Waals surface area (Å²) in [6.45, 7) is 4.00. The summed E-state index contributed by atoms with van der Waals surface area (Å²) in [5, 5.41) is 20.3. The van der Waals surface area contributed by atoms with Crippen molar-refractivity contribution in [1.29, 1.82) is 5.26 Å². The number of aliphatic hydroxyl groups is 1. The van der Waals surface area contributed by atoms with Crippen LogP contribution in [-0.4, -0.2) is 16.2 Å². The van der Waals surface area contributed by atoms with Crippen LogP contribution < -0.4 is 0 Å². The molecule has 1 aromatic heterocycles. The van der Waals surface area contributed by atoms with Crippen LogP contribution in [0.25, 0.3) is 0 Å². The number of nitrogens with zero attached hydrogens (tertiary/aromatic N) is 2. The summed E-state index contributed by atoms with van der Waals surface area (Å²) in [4.78, 5) is 3.57. The number of hydrogen-bond donors (Lipinski definition) is 1. The van der Waals surface area contributed by atoms with Crippen molar-refractivity contribution in [3.63, 3.8) is 0 Å². The van der Waals surface area contributed by atoms with Gasteiger partial charge in [0.2, 0.25) is 0 Å². The van der Waals surface area contributed by atoms with Crippen molar-refractivity contribution in [3.8, 4) is 6.07 Å². The topological polar surface area (TPSA) is 56.9 Å². The van der Waals surface area contributed by atoms with Gasteiger partial charge in [-0.15, -0.1) is 0 Å². The van der Waals surface area contributed by atoms with Gasteiger partial charge in [-0.1, -0.05) is 24.6 Å². The normalized spacial score (nSPS) is 31.5. The Morgan fingerprint density at radius 1 is 1.23 bits per heavy atom. The molecule has 2 saturated carbocycles. The molecule has 0 saturated heterocycles. The van der Waals surface area contributed by atoms with Crippen molar-refractivity contribution < 1.29 is 9.50 Å². The van der Waals surface area contributed by atoms with Crippen molar-refractivity contribution in [1.82, 2.24) is 4.98 Å². The van der Waals surface area contributed by atoms with Crippen molar-refractivity contribution in [2.24, 2.45) is 17.3 Å². The lowest BCUT2D eigenvalue weighted by molar-refractivity contribution is -0.0226. The van der Waals surface area contributed by atoms with Gasteiger partial charge in [-0.25, -0.2) is 4.39 Å². The van der Waals surface area contributed by atoms with Crippen LogP contribution in [0.2, 0.25) is 5.02 Å². The largest absolute Gasteiger partial charge is 0.393 e. The third kappa shape index (κ3) is 3.53. The number of aliphatic hydroxyl groups excluding tert-OH is 1. The Morgan fingerprint density at radius 3 is 2.70 bits per heavy atom. The van der Waals surface area contributed by atoms with E-state index in [-0.39, 0.29) is 17.3 Å². The molecule has 2 aromatic rings. The maximum absolute atomic E-state index is 12.3. The molecule has 0 bridgehead atoms. The number of aromatic nitrogens is 1. The zero-order chi connectivity index (χ0) is 21.5. The second kappa shape index (κ2) is 8.29. The first-order valence-corrected chi connectivity index (χ1v) is 11.2. The number of aryl methyl sites for hydroxylation is 1. The Labute approximate surface area is 182 Å². The van der Waals surface area contributed by atoms with Crippen LogP contribution >= 0.6 is 11.6 Å². The van der Waals surface area contributed by atoms with E-state index >= 15 is 0 Å². The Morgan fingerprint density at radius 2 is 2.03 bits per heavy atom. The zero-order valence-electron chi connectivity index (χ0n) is 17.5. The van der Waals surface area contributed by atoms with Crippen molar-refractivity contribution in [2.45, 2.75) is 64.4 Å². The Balaban J connectivity index is 0.000000230. The number of fused-ring (bicyclic) bond motifs is 5. The summed E-state index contributed by atoms with van der Waals surface area (Å²) >= 11 is 6.46. The maximum atomic E-state index is 12.3. The molecule has 3 unspecified atom stereocenters. The molecule has 158 valence electrons. The maximum Gasteiger partial charge on any atom is 0.144 e. The van der Waals surface area contributed by atoms with E-state index in [2.05, 4.69) is 24.0 Å². The number of rotatable bonds is 0. The van der Waals surface area contributed by atoms with Crippen LogP contribution in [-0.2, 0) is 6.42 Å². The minimum absolute atomic E-state index is 0.120. The van der Waals surface area contributed by atoms with Crippen molar-refractivity contribution >= 4 is 11.6 Å². The predicted octanol–water partition coefficient (Wildman–Crippen LogP) is 5.96. The van der Waals surface area contributed by atoms with E-state index in [4.69, 9.17) is 11.6 Å². The Kier molecular flexibility index (Phi) is 5.88. The molecular weight excluding hydrogens is 399 g/mol. The summed E-state index contributed by atoms with van der Waals surface area (Å²) in [6.07, 6.45) is 9.16. The summed E-state index contributed by atoms with van der Waals surface area (Å²) in [6, 6.07) is 7.87. The number of benzene rings is 1. The molecule has 2 fully saturated rings. The second-order valence-electron chi connectivity index (χ2n) is 9.28. The lowest BCUT2D eigenvalue weighted by atomic mass is 9.55. The van der Waals surface area contributed by atoms with E-state index in [1.807, 2.05) is 6.07 Å². The lowest BCUT2D eigenvalue weighted by Gasteiger charge is -2.50. The standard InChI is InChI=1S/C19H22ClNO.C6H6FN/c1-19-9-8-13-12-3-2-11(10-21)18(20)15(12)5-4-14(13)16(19)6-7-17(19)22;1-5-2-3-8-4-6(5)7/h2-3,13-14,16-17,22H,4-9H2,1H3;2-4H,1H3/t13?,14?,16?,17-,19-;/m0./s1. The second-order valence-corrected chi connectivity index (χ2v) is 9.66. The van der Waals surface area contributed by atoms with Crippen LogP contribution in [0.3, 0.4) is 0 Å². The number of nitriles is 1. The number of pyridine rings is 1. The van der Waals surface area contributed by atoms with Crippen LogP contribution in [0.15, 0.2) is 30.6 Å². The monoisotopic (exact) mass is 426 g/mol. The summed E-state index contributed by atoms with van der Waals surface area (Å²) in [5.74, 6) is 1.64. The van der Waals surface area contributed by atoms with Crippen LogP contribution in [0, 0.1) is 41.3 Å². The molecule has 1 aromatic carbocycles. The van der Waals surface area contributed by atoms with Crippen molar-refractivity contribution in [3.05, 3.63) is 63.7 Å². The SMILES string of the molecule is C[C@]12CCC3c4ccc(C#N)c(Cl)c4CCC3C1CC[C@@H]2O.Cc1ccncc1F. The molecule has 3 aliphatic rings. The molecule has 5 atom stereocenters. The van der Waals surface area contributed by atoms with Gasteiger partial charge < -0.3 is 5.11 Å². The van der Waals surface area contributed by atoms with Gasteiger partial charge in [0.25, 0.3) is 0 Å². The smallest absolute Gasteiger partial charge is 0.144 e. The average molecular weight is 427 g/mol. The first-order valence-electron chi connectivity index (χ1n) is 10.8. The fraction of sp³-hybridized carbons (Fsp3) is 0.520. The molecule has 3 nitrogen and oxygen atoms in total. The van der Waals surface area contributed by atoms with Gasteiger partial charge in [0.05, 0.1) is 22.9 Å². The molecule has 5 rings (SSSR count). The summed E-state index contributed by atoms with van der Waals surface area (Å²) in [5.41, 5.74) is 3.96. The van der Waals surface area contributed by atoms with E-state index < -0.39 is 0 Å². The first-order chi connectivity index (χ1) is 14.4.